The van der Waals surface area contributed by atoms with E-state index in [1.807, 2.05) is 0 Å². The summed E-state index contributed by atoms with van der Waals surface area (Å²) in [5.41, 5.74) is 1.27. The van der Waals surface area contributed by atoms with Crippen molar-refractivity contribution in [3.63, 3.8) is 0 Å². The Labute approximate surface area is 125 Å². The highest BCUT2D eigenvalue weighted by Crippen LogP contribution is 2.12. The number of rotatable bonds is 2. The van der Waals surface area contributed by atoms with Crippen molar-refractivity contribution >= 4 is 33.5 Å². The predicted octanol–water partition coefficient (Wildman–Crippen LogP) is 2.60. The Kier molecular flexibility index (Phi) is 4.89. The molecule has 5 nitrogen and oxygen atoms in total. The van der Waals surface area contributed by atoms with Crippen LogP contribution < -0.4 is 0 Å². The Morgan fingerprint density at radius 2 is 1.80 bits per heavy atom. The summed E-state index contributed by atoms with van der Waals surface area (Å²) in [4.78, 5) is 29.6. The zero-order valence-electron chi connectivity index (χ0n) is 11.1. The number of hydrogen-bond donors (Lipinski definition) is 0. The molecule has 20 heavy (non-hydrogen) atoms. The average Bonchev–Trinajstić information content (AvgIpc) is 2.46. The quantitative estimate of drug-likeness (QED) is 0.615. The first-order chi connectivity index (χ1) is 9.56. The van der Waals surface area contributed by atoms with E-state index in [2.05, 4.69) is 21.1 Å². The normalized spacial score (nSPS) is 14.9. The second-order valence-electron chi connectivity index (χ2n) is 4.55. The minimum absolute atomic E-state index is 0.0657. The van der Waals surface area contributed by atoms with E-state index in [-0.39, 0.29) is 5.91 Å². The third-order valence-electron chi connectivity index (χ3n) is 3.12. The molecule has 1 aromatic rings. The molecule has 1 aliphatic rings. The van der Waals surface area contributed by atoms with E-state index in [1.165, 1.54) is 0 Å². The summed E-state index contributed by atoms with van der Waals surface area (Å²) in [6.45, 7) is 2.81. The number of carbonyl (C=O) groups is 2. The standard InChI is InChI=1S/C14H15BrN2O3/c1-10(18)17-8-6-13(7-9-17)16-20-14(19)11-2-4-12(15)5-3-11/h2-5H,6-9H2,1H3. The molecule has 0 aromatic heterocycles. The molecule has 1 heterocycles. The number of carbonyl (C=O) groups excluding carboxylic acids is 2. The molecule has 106 valence electrons. The average molecular weight is 339 g/mol. The van der Waals surface area contributed by atoms with Gasteiger partial charge in [-0.05, 0) is 24.3 Å². The van der Waals surface area contributed by atoms with Crippen LogP contribution in [0, 0.1) is 0 Å². The van der Waals surface area contributed by atoms with Crippen molar-refractivity contribution in [2.75, 3.05) is 13.1 Å². The van der Waals surface area contributed by atoms with Gasteiger partial charge < -0.3 is 9.74 Å². The van der Waals surface area contributed by atoms with Gasteiger partial charge in [0.25, 0.3) is 0 Å². The molecule has 0 aliphatic carbocycles. The largest absolute Gasteiger partial charge is 0.365 e. The van der Waals surface area contributed by atoms with E-state index in [4.69, 9.17) is 4.84 Å². The van der Waals surface area contributed by atoms with E-state index >= 15 is 0 Å². The minimum atomic E-state index is -0.473. The number of halogens is 1. The number of hydrogen-bond acceptors (Lipinski definition) is 4. The van der Waals surface area contributed by atoms with E-state index in [0.29, 0.717) is 31.5 Å². The lowest BCUT2D eigenvalue weighted by atomic mass is 10.1. The summed E-state index contributed by atoms with van der Waals surface area (Å²) >= 11 is 3.30. The lowest BCUT2D eigenvalue weighted by molar-refractivity contribution is -0.128. The van der Waals surface area contributed by atoms with Gasteiger partial charge in [0.15, 0.2) is 0 Å². The SMILES string of the molecule is CC(=O)N1CCC(=NOC(=O)c2ccc(Br)cc2)CC1. The highest BCUT2D eigenvalue weighted by molar-refractivity contribution is 9.10. The fourth-order valence-corrected chi connectivity index (χ4v) is 2.18. The molecule has 0 bridgehead atoms. The van der Waals surface area contributed by atoms with E-state index in [1.54, 1.807) is 36.1 Å². The van der Waals surface area contributed by atoms with Crippen LogP contribution in [0.15, 0.2) is 33.9 Å². The molecule has 2 rings (SSSR count). The summed E-state index contributed by atoms with van der Waals surface area (Å²) in [6, 6.07) is 6.89. The number of benzene rings is 1. The van der Waals surface area contributed by atoms with Crippen LogP contribution in [0.2, 0.25) is 0 Å². The predicted molar refractivity (Wildman–Crippen MR) is 78.5 cm³/mol. The van der Waals surface area contributed by atoms with Crippen molar-refractivity contribution in [1.29, 1.82) is 0 Å². The van der Waals surface area contributed by atoms with Gasteiger partial charge in [-0.3, -0.25) is 4.79 Å². The van der Waals surface area contributed by atoms with E-state index in [0.717, 1.165) is 10.2 Å². The van der Waals surface area contributed by atoms with Gasteiger partial charge in [0.1, 0.15) is 0 Å². The van der Waals surface area contributed by atoms with Crippen LogP contribution in [0.3, 0.4) is 0 Å². The molecule has 1 fully saturated rings. The Balaban J connectivity index is 1.88. The summed E-state index contributed by atoms with van der Waals surface area (Å²) in [5.74, 6) is -0.407. The molecule has 1 aliphatic heterocycles. The molecular weight excluding hydrogens is 324 g/mol. The van der Waals surface area contributed by atoms with Crippen molar-refractivity contribution < 1.29 is 14.4 Å². The zero-order valence-corrected chi connectivity index (χ0v) is 12.7. The first-order valence-electron chi connectivity index (χ1n) is 6.34. The van der Waals surface area contributed by atoms with Gasteiger partial charge in [-0.25, -0.2) is 4.79 Å². The molecule has 6 heteroatoms. The molecule has 1 aromatic carbocycles. The maximum atomic E-state index is 11.8. The van der Waals surface area contributed by atoms with Crippen LogP contribution in [0.1, 0.15) is 30.1 Å². The van der Waals surface area contributed by atoms with Crippen LogP contribution in [0.25, 0.3) is 0 Å². The Morgan fingerprint density at radius 1 is 1.20 bits per heavy atom. The Bertz CT molecular complexity index is 530. The summed E-state index contributed by atoms with van der Waals surface area (Å²) in [6.07, 6.45) is 1.29. The van der Waals surface area contributed by atoms with E-state index < -0.39 is 5.97 Å². The maximum absolute atomic E-state index is 11.8. The molecule has 1 saturated heterocycles. The Morgan fingerprint density at radius 3 is 2.35 bits per heavy atom. The van der Waals surface area contributed by atoms with Crippen LogP contribution >= 0.6 is 15.9 Å². The smallest absolute Gasteiger partial charge is 0.342 e. The third kappa shape index (κ3) is 3.90. The molecule has 0 atom stereocenters. The summed E-state index contributed by atoms with van der Waals surface area (Å²) in [7, 11) is 0. The van der Waals surface area contributed by atoms with Crippen LogP contribution in [-0.2, 0) is 9.63 Å². The van der Waals surface area contributed by atoms with Gasteiger partial charge in [-0.1, -0.05) is 21.1 Å². The second kappa shape index (κ2) is 6.65. The molecule has 0 radical (unpaired) electrons. The lowest BCUT2D eigenvalue weighted by Gasteiger charge is -2.25. The van der Waals surface area contributed by atoms with Crippen molar-refractivity contribution in [3.8, 4) is 0 Å². The molecule has 1 amide bonds. The van der Waals surface area contributed by atoms with Crippen molar-refractivity contribution in [3.05, 3.63) is 34.3 Å². The fourth-order valence-electron chi connectivity index (χ4n) is 1.92. The lowest BCUT2D eigenvalue weighted by Crippen LogP contribution is -2.37. The number of likely N-dealkylation sites (tertiary alicyclic amines) is 1. The van der Waals surface area contributed by atoms with Gasteiger partial charge in [0.05, 0.1) is 11.3 Å². The van der Waals surface area contributed by atoms with Crippen LogP contribution in [-0.4, -0.2) is 35.6 Å². The molecule has 0 N–H and O–H groups in total. The highest BCUT2D eigenvalue weighted by atomic mass is 79.9. The van der Waals surface area contributed by atoms with Crippen molar-refractivity contribution in [1.82, 2.24) is 4.90 Å². The fraction of sp³-hybridized carbons (Fsp3) is 0.357. The first-order valence-corrected chi connectivity index (χ1v) is 7.14. The van der Waals surface area contributed by atoms with Gasteiger partial charge in [0.2, 0.25) is 5.91 Å². The van der Waals surface area contributed by atoms with E-state index in [9.17, 15) is 9.59 Å². The maximum Gasteiger partial charge on any atom is 0.365 e. The molecule has 0 spiro atoms. The second-order valence-corrected chi connectivity index (χ2v) is 5.46. The third-order valence-corrected chi connectivity index (χ3v) is 3.65. The van der Waals surface area contributed by atoms with Crippen molar-refractivity contribution in [2.45, 2.75) is 19.8 Å². The number of piperidine rings is 1. The Hall–Kier alpha value is -1.69. The first kappa shape index (κ1) is 14.7. The minimum Gasteiger partial charge on any atom is -0.342 e. The summed E-state index contributed by atoms with van der Waals surface area (Å²) < 4.78 is 0.900. The van der Waals surface area contributed by atoms with Gasteiger partial charge in [-0.15, -0.1) is 0 Å². The highest BCUT2D eigenvalue weighted by Gasteiger charge is 2.17. The van der Waals surface area contributed by atoms with Gasteiger partial charge >= 0.3 is 5.97 Å². The van der Waals surface area contributed by atoms with Crippen molar-refractivity contribution in [2.24, 2.45) is 5.16 Å². The van der Waals surface area contributed by atoms with Gasteiger partial charge in [-0.2, -0.15) is 0 Å². The van der Waals surface area contributed by atoms with Gasteiger partial charge in [0, 0.05) is 37.3 Å². The number of amides is 1. The molecule has 0 unspecified atom stereocenters. The number of oxime groups is 1. The zero-order chi connectivity index (χ0) is 14.5. The number of nitrogens with zero attached hydrogens (tertiary/aromatic N) is 2. The molecular formula is C14H15BrN2O3. The van der Waals surface area contributed by atoms with Crippen LogP contribution in [0.4, 0.5) is 0 Å². The van der Waals surface area contributed by atoms with Crippen LogP contribution in [0.5, 0.6) is 0 Å². The monoisotopic (exact) mass is 338 g/mol. The topological polar surface area (TPSA) is 59.0 Å². The molecule has 0 saturated carbocycles. The summed E-state index contributed by atoms with van der Waals surface area (Å²) in [5, 5.41) is 3.89.